The number of hydrogen-bond acceptors (Lipinski definition) is 2. The molecule has 3 rings (SSSR count). The summed E-state index contributed by atoms with van der Waals surface area (Å²) in [7, 11) is 0. The van der Waals surface area contributed by atoms with Crippen molar-refractivity contribution in [3.63, 3.8) is 0 Å². The van der Waals surface area contributed by atoms with Gasteiger partial charge in [-0.3, -0.25) is 0 Å². The minimum atomic E-state index is 0.663. The molecular formula is C12H11NO. The molecule has 0 fully saturated rings. The van der Waals surface area contributed by atoms with E-state index in [4.69, 9.17) is 4.74 Å². The van der Waals surface area contributed by atoms with Crippen LogP contribution in [0.1, 0.15) is 11.1 Å². The second kappa shape index (κ2) is 3.00. The molecule has 1 aromatic carbocycles. The van der Waals surface area contributed by atoms with Crippen molar-refractivity contribution in [3.05, 3.63) is 47.7 Å². The van der Waals surface area contributed by atoms with Crippen LogP contribution in [0.4, 0.5) is 0 Å². The van der Waals surface area contributed by atoms with Crippen molar-refractivity contribution in [2.24, 2.45) is 0 Å². The Morgan fingerprint density at radius 1 is 1.21 bits per heavy atom. The first kappa shape index (κ1) is 7.83. The number of ether oxygens (including phenoxy) is 1. The molecule has 2 aliphatic heterocycles. The van der Waals surface area contributed by atoms with Gasteiger partial charge in [0.25, 0.3) is 0 Å². The third-order valence-corrected chi connectivity index (χ3v) is 2.61. The quantitative estimate of drug-likeness (QED) is 0.615. The number of rotatable bonds is 0. The molecule has 0 spiro atoms. The van der Waals surface area contributed by atoms with E-state index in [2.05, 4.69) is 47.5 Å². The summed E-state index contributed by atoms with van der Waals surface area (Å²) in [5, 5.41) is 0. The van der Waals surface area contributed by atoms with Crippen molar-refractivity contribution < 1.29 is 4.74 Å². The van der Waals surface area contributed by atoms with Crippen LogP contribution in [0.3, 0.4) is 0 Å². The summed E-state index contributed by atoms with van der Waals surface area (Å²) in [5.74, 6) is 0. The fourth-order valence-electron chi connectivity index (χ4n) is 1.91. The molecule has 0 aliphatic carbocycles. The maximum absolute atomic E-state index is 5.35. The average molecular weight is 185 g/mol. The highest BCUT2D eigenvalue weighted by Gasteiger charge is 2.18. The van der Waals surface area contributed by atoms with Crippen molar-refractivity contribution >= 4 is 11.8 Å². The van der Waals surface area contributed by atoms with E-state index in [0.29, 0.717) is 13.3 Å². The third kappa shape index (κ3) is 1.08. The second-order valence-corrected chi connectivity index (χ2v) is 3.46. The Morgan fingerprint density at radius 3 is 3.14 bits per heavy atom. The molecule has 0 bridgehead atoms. The minimum Gasteiger partial charge on any atom is -0.357 e. The van der Waals surface area contributed by atoms with Crippen LogP contribution >= 0.6 is 0 Å². The summed E-state index contributed by atoms with van der Waals surface area (Å²) < 4.78 is 5.35. The van der Waals surface area contributed by atoms with Gasteiger partial charge in [-0.15, -0.1) is 0 Å². The van der Waals surface area contributed by atoms with Crippen molar-refractivity contribution in [1.29, 1.82) is 0 Å². The fraction of sp³-hybridized carbons (Fsp3) is 0.167. The van der Waals surface area contributed by atoms with Crippen LogP contribution in [0, 0.1) is 0 Å². The van der Waals surface area contributed by atoms with Gasteiger partial charge in [0.1, 0.15) is 6.73 Å². The molecule has 0 saturated carbocycles. The monoisotopic (exact) mass is 185 g/mol. The lowest BCUT2D eigenvalue weighted by molar-refractivity contribution is 0.0886. The molecule has 2 heterocycles. The van der Waals surface area contributed by atoms with Crippen molar-refractivity contribution in [3.8, 4) is 0 Å². The Balaban J connectivity index is 2.17. The van der Waals surface area contributed by atoms with Gasteiger partial charge >= 0.3 is 0 Å². The summed E-state index contributed by atoms with van der Waals surface area (Å²) in [5.41, 5.74) is 3.87. The van der Waals surface area contributed by atoms with E-state index < -0.39 is 0 Å². The third-order valence-electron chi connectivity index (χ3n) is 2.61. The molecule has 70 valence electrons. The molecule has 0 unspecified atom stereocenters. The molecule has 2 heteroatoms. The zero-order chi connectivity index (χ0) is 9.38. The molecule has 0 amide bonds. The molecule has 1 aromatic rings. The predicted octanol–water partition coefficient (Wildman–Crippen LogP) is 2.30. The smallest absolute Gasteiger partial charge is 0.123 e. The van der Waals surface area contributed by atoms with Crippen LogP contribution in [0.25, 0.3) is 11.8 Å². The number of hydrogen-bond donors (Lipinski definition) is 0. The summed E-state index contributed by atoms with van der Waals surface area (Å²) in [6.07, 6.45) is 6.33. The van der Waals surface area contributed by atoms with E-state index in [1.807, 2.05) is 0 Å². The Morgan fingerprint density at radius 2 is 2.14 bits per heavy atom. The highest BCUT2D eigenvalue weighted by Crippen LogP contribution is 2.30. The van der Waals surface area contributed by atoms with Crippen LogP contribution in [0.5, 0.6) is 0 Å². The van der Waals surface area contributed by atoms with E-state index in [9.17, 15) is 0 Å². The molecule has 0 saturated heterocycles. The first-order valence-electron chi connectivity index (χ1n) is 4.77. The van der Waals surface area contributed by atoms with Crippen LogP contribution in [0.15, 0.2) is 36.5 Å². The number of nitrogens with zero attached hydrogens (tertiary/aromatic N) is 1. The lowest BCUT2D eigenvalue weighted by Crippen LogP contribution is -2.26. The highest BCUT2D eigenvalue weighted by molar-refractivity contribution is 5.77. The Kier molecular flexibility index (Phi) is 1.67. The normalized spacial score (nSPS) is 18.6. The first-order chi connectivity index (χ1) is 6.95. The van der Waals surface area contributed by atoms with Gasteiger partial charge in [0.15, 0.2) is 0 Å². The van der Waals surface area contributed by atoms with Crippen LogP contribution in [-0.2, 0) is 4.74 Å². The van der Waals surface area contributed by atoms with Gasteiger partial charge in [-0.1, -0.05) is 24.3 Å². The summed E-state index contributed by atoms with van der Waals surface area (Å²) in [6.45, 7) is 1.38. The molecule has 0 aromatic heterocycles. The van der Waals surface area contributed by atoms with E-state index >= 15 is 0 Å². The average Bonchev–Trinajstić information content (AvgIpc) is 2.29. The van der Waals surface area contributed by atoms with Crippen molar-refractivity contribution in [2.45, 2.75) is 0 Å². The van der Waals surface area contributed by atoms with E-state index in [1.165, 1.54) is 16.8 Å². The van der Waals surface area contributed by atoms with Crippen LogP contribution in [-0.4, -0.2) is 18.2 Å². The summed E-state index contributed by atoms with van der Waals surface area (Å²) in [4.78, 5) is 2.13. The highest BCUT2D eigenvalue weighted by atomic mass is 16.5. The zero-order valence-corrected chi connectivity index (χ0v) is 7.81. The van der Waals surface area contributed by atoms with Crippen LogP contribution < -0.4 is 0 Å². The van der Waals surface area contributed by atoms with Crippen molar-refractivity contribution in [2.75, 3.05) is 13.3 Å². The second-order valence-electron chi connectivity index (χ2n) is 3.46. The molecule has 2 aliphatic rings. The maximum Gasteiger partial charge on any atom is 0.123 e. The lowest BCUT2D eigenvalue weighted by atomic mass is 10.0. The molecule has 0 atom stereocenters. The Labute approximate surface area is 83.1 Å². The predicted molar refractivity (Wildman–Crippen MR) is 56.1 cm³/mol. The van der Waals surface area contributed by atoms with Gasteiger partial charge in [-0.2, -0.15) is 0 Å². The van der Waals surface area contributed by atoms with E-state index in [1.54, 1.807) is 0 Å². The summed E-state index contributed by atoms with van der Waals surface area (Å²) in [6, 6.07) is 8.44. The molecule has 0 N–H and O–H groups in total. The maximum atomic E-state index is 5.35. The van der Waals surface area contributed by atoms with Crippen LogP contribution in [0.2, 0.25) is 0 Å². The standard InChI is InChI=1S/C12H11NO/c1-2-4-11-10(3-1)5-7-13-9-14-8-6-12(11)13/h1-7H,8-9H2. The molecule has 14 heavy (non-hydrogen) atoms. The SMILES string of the molecule is C1=CN2COCC=C2c2ccccc21. The van der Waals surface area contributed by atoms with Gasteiger partial charge in [-0.05, 0) is 17.7 Å². The molecule has 2 nitrogen and oxygen atoms in total. The van der Waals surface area contributed by atoms with E-state index in [0.717, 1.165) is 0 Å². The lowest BCUT2D eigenvalue weighted by Gasteiger charge is -2.31. The molecule has 0 radical (unpaired) electrons. The minimum absolute atomic E-state index is 0.663. The fourth-order valence-corrected chi connectivity index (χ4v) is 1.91. The topological polar surface area (TPSA) is 12.5 Å². The van der Waals surface area contributed by atoms with Gasteiger partial charge in [0.2, 0.25) is 0 Å². The van der Waals surface area contributed by atoms with Gasteiger partial charge in [-0.25, -0.2) is 0 Å². The number of benzene rings is 1. The Hall–Kier alpha value is -1.54. The van der Waals surface area contributed by atoms with Crippen molar-refractivity contribution in [1.82, 2.24) is 4.90 Å². The van der Waals surface area contributed by atoms with Gasteiger partial charge < -0.3 is 9.64 Å². The van der Waals surface area contributed by atoms with Gasteiger partial charge in [0.05, 0.1) is 6.61 Å². The molecular weight excluding hydrogens is 174 g/mol. The first-order valence-corrected chi connectivity index (χ1v) is 4.77. The number of fused-ring (bicyclic) bond motifs is 3. The Bertz CT molecular complexity index is 420. The zero-order valence-electron chi connectivity index (χ0n) is 7.81. The summed E-state index contributed by atoms with van der Waals surface area (Å²) >= 11 is 0. The van der Waals surface area contributed by atoms with E-state index in [-0.39, 0.29) is 0 Å². The van der Waals surface area contributed by atoms with Gasteiger partial charge in [0, 0.05) is 17.5 Å². The largest absolute Gasteiger partial charge is 0.357 e.